The van der Waals surface area contributed by atoms with E-state index >= 15 is 0 Å². The van der Waals surface area contributed by atoms with Crippen molar-refractivity contribution in [3.05, 3.63) is 36.1 Å². The fraction of sp³-hybridized carbons (Fsp3) is 0.444. The average Bonchev–Trinajstić information content (AvgIpc) is 2.98. The Balaban J connectivity index is 1.58. The number of furan rings is 1. The molecule has 1 saturated heterocycles. The van der Waals surface area contributed by atoms with Gasteiger partial charge in [-0.25, -0.2) is 4.79 Å². The van der Waals surface area contributed by atoms with Crippen LogP contribution in [0.4, 0.5) is 4.79 Å². The Hall–Kier alpha value is -2.52. The number of carbonyl (C=O) groups excluding carboxylic acids is 1. The molecule has 1 aromatic carbocycles. The molecular weight excluding hydrogens is 304 g/mol. The number of nitrogens with one attached hydrogen (secondary N) is 1. The standard InChI is InChI=1S/C18H22N4O2/c1-13-11-21(12-14(2)22(13)8-7-19)18(23)20-10-16-9-15-5-3-4-6-17(15)24-16/h3-6,9,13-14H,8,10-12H2,1-2H3,(H,20,23). The quantitative estimate of drug-likeness (QED) is 0.880. The number of urea groups is 1. The van der Waals surface area contributed by atoms with Crippen LogP contribution in [0.15, 0.2) is 34.7 Å². The Kier molecular flexibility index (Phi) is 4.72. The van der Waals surface area contributed by atoms with Gasteiger partial charge in [-0.3, -0.25) is 4.90 Å². The molecule has 0 spiro atoms. The number of fused-ring (bicyclic) bond motifs is 1. The lowest BCUT2D eigenvalue weighted by atomic mass is 10.1. The fourth-order valence-corrected chi connectivity index (χ4v) is 3.31. The van der Waals surface area contributed by atoms with Crippen molar-refractivity contribution in [3.8, 4) is 6.07 Å². The summed E-state index contributed by atoms with van der Waals surface area (Å²) in [5.74, 6) is 0.744. The zero-order chi connectivity index (χ0) is 17.1. The lowest BCUT2D eigenvalue weighted by molar-refractivity contribution is 0.0660. The van der Waals surface area contributed by atoms with E-state index in [-0.39, 0.29) is 18.1 Å². The van der Waals surface area contributed by atoms with Crippen molar-refractivity contribution in [1.29, 1.82) is 5.26 Å². The highest BCUT2D eigenvalue weighted by Gasteiger charge is 2.31. The van der Waals surface area contributed by atoms with Crippen molar-refractivity contribution < 1.29 is 9.21 Å². The van der Waals surface area contributed by atoms with Crippen molar-refractivity contribution in [3.63, 3.8) is 0 Å². The number of rotatable bonds is 3. The lowest BCUT2D eigenvalue weighted by Gasteiger charge is -2.43. The largest absolute Gasteiger partial charge is 0.459 e. The highest BCUT2D eigenvalue weighted by Crippen LogP contribution is 2.19. The molecule has 1 aromatic heterocycles. The molecule has 6 heteroatoms. The molecule has 0 radical (unpaired) electrons. The SMILES string of the molecule is CC1CN(C(=O)NCc2cc3ccccc3o2)CC(C)N1CC#N. The molecule has 2 aromatic rings. The minimum absolute atomic E-state index is 0.0919. The summed E-state index contributed by atoms with van der Waals surface area (Å²) in [6.07, 6.45) is 0. The third-order valence-electron chi connectivity index (χ3n) is 4.53. The Bertz CT molecular complexity index is 719. The van der Waals surface area contributed by atoms with Crippen LogP contribution in [0.1, 0.15) is 19.6 Å². The number of nitriles is 1. The highest BCUT2D eigenvalue weighted by molar-refractivity contribution is 5.78. The summed E-state index contributed by atoms with van der Waals surface area (Å²) in [5.41, 5.74) is 0.828. The van der Waals surface area contributed by atoms with Crippen LogP contribution < -0.4 is 5.32 Å². The van der Waals surface area contributed by atoms with E-state index in [2.05, 4.69) is 16.3 Å². The van der Waals surface area contributed by atoms with E-state index in [1.54, 1.807) is 0 Å². The van der Waals surface area contributed by atoms with Crippen LogP contribution in [0.3, 0.4) is 0 Å². The summed E-state index contributed by atoms with van der Waals surface area (Å²) in [6, 6.07) is 12.2. The third kappa shape index (κ3) is 3.36. The maximum Gasteiger partial charge on any atom is 0.317 e. The van der Waals surface area contributed by atoms with Crippen molar-refractivity contribution >= 4 is 17.0 Å². The number of hydrogen-bond acceptors (Lipinski definition) is 4. The predicted octanol–water partition coefficient (Wildman–Crippen LogP) is 2.56. The maximum atomic E-state index is 12.4. The van der Waals surface area contributed by atoms with Gasteiger partial charge in [-0.2, -0.15) is 5.26 Å². The van der Waals surface area contributed by atoms with Gasteiger partial charge in [0.15, 0.2) is 0 Å². The van der Waals surface area contributed by atoms with Crippen molar-refractivity contribution in [2.75, 3.05) is 19.6 Å². The summed E-state index contributed by atoms with van der Waals surface area (Å²) >= 11 is 0. The second-order valence-corrected chi connectivity index (χ2v) is 6.34. The zero-order valence-corrected chi connectivity index (χ0v) is 14.0. The van der Waals surface area contributed by atoms with Crippen molar-refractivity contribution in [2.24, 2.45) is 0 Å². The van der Waals surface area contributed by atoms with Gasteiger partial charge in [-0.05, 0) is 26.0 Å². The van der Waals surface area contributed by atoms with Crippen LogP contribution in [0.25, 0.3) is 11.0 Å². The molecule has 1 aliphatic heterocycles. The van der Waals surface area contributed by atoms with Gasteiger partial charge in [0.05, 0.1) is 19.2 Å². The number of benzene rings is 1. The monoisotopic (exact) mass is 326 g/mol. The second-order valence-electron chi connectivity index (χ2n) is 6.34. The average molecular weight is 326 g/mol. The Labute approximate surface area is 141 Å². The number of amides is 2. The maximum absolute atomic E-state index is 12.4. The lowest BCUT2D eigenvalue weighted by Crippen LogP contribution is -2.59. The molecule has 3 rings (SSSR count). The number of nitrogens with zero attached hydrogens (tertiary/aromatic N) is 3. The first-order valence-electron chi connectivity index (χ1n) is 8.21. The van der Waals surface area contributed by atoms with Crippen LogP contribution in [0.2, 0.25) is 0 Å². The molecule has 6 nitrogen and oxygen atoms in total. The van der Waals surface area contributed by atoms with Gasteiger partial charge in [0.1, 0.15) is 11.3 Å². The van der Waals surface area contributed by atoms with Crippen molar-refractivity contribution in [1.82, 2.24) is 15.1 Å². The van der Waals surface area contributed by atoms with E-state index in [9.17, 15) is 4.79 Å². The predicted molar refractivity (Wildman–Crippen MR) is 91.3 cm³/mol. The van der Waals surface area contributed by atoms with Gasteiger partial charge >= 0.3 is 6.03 Å². The van der Waals surface area contributed by atoms with Crippen LogP contribution in [0, 0.1) is 11.3 Å². The van der Waals surface area contributed by atoms with Gasteiger partial charge in [0.25, 0.3) is 0 Å². The molecule has 2 heterocycles. The Morgan fingerprint density at radius 1 is 1.33 bits per heavy atom. The topological polar surface area (TPSA) is 72.5 Å². The number of carbonyl (C=O) groups is 1. The molecule has 126 valence electrons. The smallest absolute Gasteiger partial charge is 0.317 e. The van der Waals surface area contributed by atoms with E-state index in [4.69, 9.17) is 9.68 Å². The molecule has 1 aliphatic rings. The van der Waals surface area contributed by atoms with Gasteiger partial charge < -0.3 is 14.6 Å². The molecule has 0 bridgehead atoms. The number of piperazine rings is 1. The van der Waals surface area contributed by atoms with Crippen LogP contribution in [-0.2, 0) is 6.54 Å². The van der Waals surface area contributed by atoms with Gasteiger partial charge in [-0.1, -0.05) is 18.2 Å². The molecule has 1 N–H and O–H groups in total. The minimum atomic E-state index is -0.0919. The minimum Gasteiger partial charge on any atom is -0.459 e. The first-order chi connectivity index (χ1) is 11.6. The molecule has 1 fully saturated rings. The molecule has 24 heavy (non-hydrogen) atoms. The van der Waals surface area contributed by atoms with Crippen LogP contribution in [0.5, 0.6) is 0 Å². The number of para-hydroxylation sites is 1. The van der Waals surface area contributed by atoms with Gasteiger partial charge in [0.2, 0.25) is 0 Å². The second kappa shape index (κ2) is 6.93. The molecular formula is C18H22N4O2. The molecule has 2 atom stereocenters. The van der Waals surface area contributed by atoms with Gasteiger partial charge in [-0.15, -0.1) is 0 Å². The van der Waals surface area contributed by atoms with Crippen LogP contribution >= 0.6 is 0 Å². The Morgan fingerprint density at radius 3 is 2.71 bits per heavy atom. The normalized spacial score (nSPS) is 21.6. The van der Waals surface area contributed by atoms with E-state index in [0.717, 1.165) is 16.7 Å². The summed E-state index contributed by atoms with van der Waals surface area (Å²) in [6.45, 7) is 6.11. The van der Waals surface area contributed by atoms with E-state index in [1.807, 2.05) is 49.1 Å². The van der Waals surface area contributed by atoms with E-state index in [0.29, 0.717) is 26.2 Å². The van der Waals surface area contributed by atoms with E-state index < -0.39 is 0 Å². The first-order valence-corrected chi connectivity index (χ1v) is 8.21. The van der Waals surface area contributed by atoms with Gasteiger partial charge in [0, 0.05) is 30.6 Å². The summed E-state index contributed by atoms with van der Waals surface area (Å²) < 4.78 is 5.72. The summed E-state index contributed by atoms with van der Waals surface area (Å²) in [5, 5.41) is 12.9. The third-order valence-corrected chi connectivity index (χ3v) is 4.53. The molecule has 2 unspecified atom stereocenters. The van der Waals surface area contributed by atoms with Crippen LogP contribution in [-0.4, -0.2) is 47.5 Å². The Morgan fingerprint density at radius 2 is 2.04 bits per heavy atom. The summed E-state index contributed by atoms with van der Waals surface area (Å²) in [4.78, 5) is 16.4. The molecule has 0 saturated carbocycles. The van der Waals surface area contributed by atoms with E-state index in [1.165, 1.54) is 0 Å². The zero-order valence-electron chi connectivity index (χ0n) is 14.0. The molecule has 0 aliphatic carbocycles. The number of hydrogen-bond donors (Lipinski definition) is 1. The summed E-state index contributed by atoms with van der Waals surface area (Å²) in [7, 11) is 0. The molecule has 2 amide bonds. The van der Waals surface area contributed by atoms with Crippen molar-refractivity contribution in [2.45, 2.75) is 32.5 Å². The fourth-order valence-electron chi connectivity index (χ4n) is 3.31. The highest BCUT2D eigenvalue weighted by atomic mass is 16.3. The first kappa shape index (κ1) is 16.3.